The van der Waals surface area contributed by atoms with Crippen LogP contribution in [-0.4, -0.2) is 18.0 Å². The van der Waals surface area contributed by atoms with E-state index < -0.39 is 0 Å². The van der Waals surface area contributed by atoms with Crippen LogP contribution in [0.25, 0.3) is 0 Å². The van der Waals surface area contributed by atoms with E-state index in [2.05, 4.69) is 15.8 Å². The third kappa shape index (κ3) is 7.40. The van der Waals surface area contributed by atoms with Crippen molar-refractivity contribution in [3.63, 3.8) is 0 Å². The van der Waals surface area contributed by atoms with Crippen LogP contribution in [0, 0.1) is 13.8 Å². The molecule has 0 radical (unpaired) electrons. The van der Waals surface area contributed by atoms with Gasteiger partial charge in [-0.15, -0.1) is 0 Å². The molecule has 0 aliphatic carbocycles. The number of rotatable bonds is 9. The highest BCUT2D eigenvalue weighted by molar-refractivity contribution is 5.94. The molecular formula is C26H27N3O3. The number of aryl methyl sites for hydroxylation is 2. The molecular weight excluding hydrogens is 402 g/mol. The monoisotopic (exact) mass is 429 g/mol. The Hall–Kier alpha value is -3.93. The van der Waals surface area contributed by atoms with Crippen molar-refractivity contribution in [3.05, 3.63) is 95.1 Å². The van der Waals surface area contributed by atoms with Gasteiger partial charge in [-0.1, -0.05) is 60.2 Å². The van der Waals surface area contributed by atoms with Gasteiger partial charge < -0.3 is 10.1 Å². The van der Waals surface area contributed by atoms with Gasteiger partial charge in [-0.2, -0.15) is 5.10 Å². The second-order valence-electron chi connectivity index (χ2n) is 7.51. The first-order valence-corrected chi connectivity index (χ1v) is 10.5. The zero-order valence-corrected chi connectivity index (χ0v) is 18.3. The molecule has 6 heteroatoms. The summed E-state index contributed by atoms with van der Waals surface area (Å²) in [5.41, 5.74) is 7.21. The molecule has 3 aromatic carbocycles. The molecule has 0 heterocycles. The number of nitrogens with one attached hydrogen (secondary N) is 2. The summed E-state index contributed by atoms with van der Waals surface area (Å²) < 4.78 is 5.80. The van der Waals surface area contributed by atoms with Gasteiger partial charge >= 0.3 is 0 Å². The molecule has 32 heavy (non-hydrogen) atoms. The first-order valence-electron chi connectivity index (χ1n) is 10.5. The van der Waals surface area contributed by atoms with E-state index in [0.29, 0.717) is 12.4 Å². The fourth-order valence-electron chi connectivity index (χ4n) is 3.05. The normalized spacial score (nSPS) is 10.7. The minimum atomic E-state index is -0.325. The molecule has 2 N–H and O–H groups in total. The highest BCUT2D eigenvalue weighted by Gasteiger charge is 2.08. The average Bonchev–Trinajstić information content (AvgIpc) is 2.79. The van der Waals surface area contributed by atoms with E-state index in [9.17, 15) is 9.59 Å². The Kier molecular flexibility index (Phi) is 8.15. The summed E-state index contributed by atoms with van der Waals surface area (Å²) in [6.07, 6.45) is 1.68. The molecule has 2 amide bonds. The van der Waals surface area contributed by atoms with Crippen molar-refractivity contribution in [1.29, 1.82) is 0 Å². The van der Waals surface area contributed by atoms with E-state index >= 15 is 0 Å². The molecule has 3 aromatic rings. The maximum atomic E-state index is 12.1. The van der Waals surface area contributed by atoms with Crippen LogP contribution in [0.5, 0.6) is 5.75 Å². The molecule has 3 rings (SSSR count). The Labute approximate surface area is 188 Å². The number of hydrazone groups is 1. The highest BCUT2D eigenvalue weighted by atomic mass is 16.5. The van der Waals surface area contributed by atoms with Gasteiger partial charge in [0.15, 0.2) is 0 Å². The molecule has 164 valence electrons. The molecule has 6 nitrogen and oxygen atoms in total. The summed E-state index contributed by atoms with van der Waals surface area (Å²) >= 11 is 0. The number of carbonyl (C=O) groups is 2. The third-order valence-electron chi connectivity index (χ3n) is 4.74. The summed E-state index contributed by atoms with van der Waals surface area (Å²) in [7, 11) is 0. The van der Waals surface area contributed by atoms with Crippen LogP contribution < -0.4 is 15.5 Å². The summed E-state index contributed by atoms with van der Waals surface area (Å²) in [4.78, 5) is 24.1. The van der Waals surface area contributed by atoms with Crippen molar-refractivity contribution in [2.45, 2.75) is 33.3 Å². The predicted molar refractivity (Wildman–Crippen MR) is 127 cm³/mol. The Morgan fingerprint density at radius 2 is 1.69 bits per heavy atom. The molecule has 0 saturated heterocycles. The lowest BCUT2D eigenvalue weighted by molar-refractivity contribution is -0.124. The van der Waals surface area contributed by atoms with Crippen molar-refractivity contribution in [2.24, 2.45) is 5.10 Å². The van der Waals surface area contributed by atoms with Gasteiger partial charge in [0.2, 0.25) is 11.8 Å². The van der Waals surface area contributed by atoms with E-state index in [0.717, 1.165) is 27.9 Å². The summed E-state index contributed by atoms with van der Waals surface area (Å²) in [6, 6.07) is 23.1. The molecule has 0 bridgehead atoms. The second kappa shape index (κ2) is 11.5. The van der Waals surface area contributed by atoms with E-state index in [4.69, 9.17) is 4.74 Å². The van der Waals surface area contributed by atoms with Gasteiger partial charge in [-0.05, 0) is 48.7 Å². The van der Waals surface area contributed by atoms with E-state index in [1.54, 1.807) is 6.21 Å². The van der Waals surface area contributed by atoms with Gasteiger partial charge in [-0.25, -0.2) is 5.43 Å². The van der Waals surface area contributed by atoms with Crippen molar-refractivity contribution >= 4 is 23.7 Å². The molecule has 0 saturated carbocycles. The number of anilines is 1. The lowest BCUT2D eigenvalue weighted by Gasteiger charge is -2.08. The van der Waals surface area contributed by atoms with Crippen molar-refractivity contribution in [3.8, 4) is 5.75 Å². The quantitative estimate of drug-likeness (QED) is 0.380. The Morgan fingerprint density at radius 3 is 2.47 bits per heavy atom. The zero-order chi connectivity index (χ0) is 22.8. The summed E-state index contributed by atoms with van der Waals surface area (Å²) in [5, 5.41) is 6.81. The van der Waals surface area contributed by atoms with Crippen LogP contribution in [0.1, 0.15) is 35.1 Å². The number of nitrogens with zero attached hydrogens (tertiary/aromatic N) is 1. The fraction of sp³-hybridized carbons (Fsp3) is 0.192. The van der Waals surface area contributed by atoms with Crippen LogP contribution in [0.3, 0.4) is 0 Å². The molecule has 0 aliphatic heterocycles. The van der Waals surface area contributed by atoms with Gasteiger partial charge in [-0.3, -0.25) is 9.59 Å². The minimum Gasteiger partial charge on any atom is -0.489 e. The Bertz CT molecular complexity index is 1090. The number of ether oxygens (including phenoxy) is 1. The van der Waals surface area contributed by atoms with Gasteiger partial charge in [0.05, 0.1) is 6.21 Å². The topological polar surface area (TPSA) is 79.8 Å². The van der Waals surface area contributed by atoms with Gasteiger partial charge in [0, 0.05) is 18.5 Å². The minimum absolute atomic E-state index is 0.0499. The lowest BCUT2D eigenvalue weighted by Crippen LogP contribution is -2.20. The molecule has 0 unspecified atom stereocenters. The third-order valence-corrected chi connectivity index (χ3v) is 4.74. The smallest absolute Gasteiger partial charge is 0.240 e. The number of carbonyl (C=O) groups excluding carboxylic acids is 2. The molecule has 0 atom stereocenters. The first-order chi connectivity index (χ1) is 15.5. The first kappa shape index (κ1) is 22.7. The Balaban J connectivity index is 1.42. The van der Waals surface area contributed by atoms with E-state index in [1.165, 1.54) is 0 Å². The van der Waals surface area contributed by atoms with Crippen molar-refractivity contribution in [1.82, 2.24) is 5.43 Å². The van der Waals surface area contributed by atoms with E-state index in [1.807, 2.05) is 86.6 Å². The number of hydrogen-bond donors (Lipinski definition) is 2. The van der Waals surface area contributed by atoms with Gasteiger partial charge in [0.1, 0.15) is 12.4 Å². The summed E-state index contributed by atoms with van der Waals surface area (Å²) in [5.74, 6) is 0.181. The second-order valence-corrected chi connectivity index (χ2v) is 7.51. The van der Waals surface area contributed by atoms with Crippen LogP contribution in [-0.2, 0) is 16.2 Å². The van der Waals surface area contributed by atoms with Crippen LogP contribution in [0.2, 0.25) is 0 Å². The number of hydrogen-bond acceptors (Lipinski definition) is 4. The summed E-state index contributed by atoms with van der Waals surface area (Å²) in [6.45, 7) is 4.41. The van der Waals surface area contributed by atoms with Crippen molar-refractivity contribution < 1.29 is 14.3 Å². The molecule has 0 aromatic heterocycles. The SMILES string of the molecule is Cc1ccc(NC(=O)CCC(=O)NN=Cc2cccc(OCc3ccccc3)c2)c(C)c1. The molecule has 0 fully saturated rings. The fourth-order valence-corrected chi connectivity index (χ4v) is 3.05. The Morgan fingerprint density at radius 1 is 0.906 bits per heavy atom. The van der Waals surface area contributed by atoms with Gasteiger partial charge in [0.25, 0.3) is 0 Å². The maximum absolute atomic E-state index is 12.1. The highest BCUT2D eigenvalue weighted by Crippen LogP contribution is 2.16. The molecule has 0 aliphatic rings. The number of benzene rings is 3. The van der Waals surface area contributed by atoms with Crippen molar-refractivity contribution in [2.75, 3.05) is 5.32 Å². The van der Waals surface area contributed by atoms with Crippen LogP contribution in [0.4, 0.5) is 5.69 Å². The zero-order valence-electron chi connectivity index (χ0n) is 18.3. The van der Waals surface area contributed by atoms with E-state index in [-0.39, 0.29) is 24.7 Å². The molecule has 0 spiro atoms. The maximum Gasteiger partial charge on any atom is 0.240 e. The van der Waals surface area contributed by atoms with Crippen LogP contribution >= 0.6 is 0 Å². The average molecular weight is 430 g/mol. The van der Waals surface area contributed by atoms with Crippen LogP contribution in [0.15, 0.2) is 77.9 Å². The lowest BCUT2D eigenvalue weighted by atomic mass is 10.1. The predicted octanol–water partition coefficient (Wildman–Crippen LogP) is 4.75. The number of amides is 2. The standard InChI is InChI=1S/C26H27N3O3/c1-19-11-12-24(20(2)15-19)28-25(30)13-14-26(31)29-27-17-22-9-6-10-23(16-22)32-18-21-7-4-3-5-8-21/h3-12,15-17H,13-14,18H2,1-2H3,(H,28,30)(H,29,31). The largest absolute Gasteiger partial charge is 0.489 e.